The summed E-state index contributed by atoms with van der Waals surface area (Å²) in [7, 11) is 0. The minimum Gasteiger partial charge on any atom is -0.507 e. The van der Waals surface area contributed by atoms with Crippen LogP contribution in [0.1, 0.15) is 48.9 Å². The third kappa shape index (κ3) is 6.46. The van der Waals surface area contributed by atoms with E-state index in [-0.39, 0.29) is 23.6 Å². The summed E-state index contributed by atoms with van der Waals surface area (Å²) in [6.07, 6.45) is 2.52. The van der Waals surface area contributed by atoms with Gasteiger partial charge in [0.05, 0.1) is 36.4 Å². The number of non-ortho nitro benzene ring substituents is 1. The van der Waals surface area contributed by atoms with E-state index in [2.05, 4.69) is 11.8 Å². The number of benzene rings is 2. The van der Waals surface area contributed by atoms with Crippen molar-refractivity contribution in [3.63, 3.8) is 0 Å². The molecule has 1 amide bonds. The first-order valence-corrected chi connectivity index (χ1v) is 13.4. The van der Waals surface area contributed by atoms with E-state index in [4.69, 9.17) is 9.47 Å². The van der Waals surface area contributed by atoms with Gasteiger partial charge in [-0.15, -0.1) is 0 Å². The Morgan fingerprint density at radius 2 is 1.90 bits per heavy atom. The Labute approximate surface area is 228 Å². The van der Waals surface area contributed by atoms with Crippen LogP contribution in [-0.2, 0) is 14.3 Å². The SMILES string of the molecule is CCCCOc1ccc(/C(O)=C2\C(=O)C(=O)N(CCCN3CCOCC3)[C@@H]2c2cccc([N+](=O)[O-])c2)cc1C. The molecular weight excluding hydrogens is 502 g/mol. The number of aryl methyl sites for hydroxylation is 1. The molecule has 0 aromatic heterocycles. The van der Waals surface area contributed by atoms with Crippen LogP contribution >= 0.6 is 0 Å². The first kappa shape index (κ1) is 28.3. The molecule has 10 nitrogen and oxygen atoms in total. The number of carbonyl (C=O) groups is 2. The second-order valence-corrected chi connectivity index (χ2v) is 9.83. The van der Waals surface area contributed by atoms with Crippen LogP contribution < -0.4 is 4.74 Å². The highest BCUT2D eigenvalue weighted by molar-refractivity contribution is 6.46. The van der Waals surface area contributed by atoms with Crippen LogP contribution in [0.4, 0.5) is 5.69 Å². The molecule has 39 heavy (non-hydrogen) atoms. The molecule has 2 aromatic rings. The number of hydrogen-bond donors (Lipinski definition) is 1. The lowest BCUT2D eigenvalue weighted by Crippen LogP contribution is -2.39. The predicted octanol–water partition coefficient (Wildman–Crippen LogP) is 4.23. The van der Waals surface area contributed by atoms with Gasteiger partial charge in [-0.2, -0.15) is 0 Å². The lowest BCUT2D eigenvalue weighted by Gasteiger charge is -2.29. The minimum absolute atomic E-state index is 0.0779. The maximum atomic E-state index is 13.3. The minimum atomic E-state index is -0.949. The lowest BCUT2D eigenvalue weighted by atomic mass is 9.94. The Balaban J connectivity index is 1.68. The average Bonchev–Trinajstić information content (AvgIpc) is 3.19. The van der Waals surface area contributed by atoms with Crippen LogP contribution in [-0.4, -0.2) is 77.5 Å². The van der Waals surface area contributed by atoms with E-state index < -0.39 is 22.7 Å². The number of nitro benzene ring substituents is 1. The van der Waals surface area contributed by atoms with Crippen molar-refractivity contribution in [2.24, 2.45) is 0 Å². The standard InChI is InChI=1S/C29H35N3O7/c1-3-4-15-39-24-10-9-22(18-20(24)2)27(33)25-26(21-7-5-8-23(19-21)32(36)37)31(29(35)28(25)34)12-6-11-30-13-16-38-17-14-30/h5,7-10,18-19,26,33H,3-4,6,11-17H2,1-2H3/b27-25+/t26-/m1/s1. The molecule has 0 unspecified atom stereocenters. The molecule has 4 rings (SSSR count). The van der Waals surface area contributed by atoms with Crippen molar-refractivity contribution >= 4 is 23.1 Å². The topological polar surface area (TPSA) is 122 Å². The van der Waals surface area contributed by atoms with Crippen molar-refractivity contribution in [3.05, 3.63) is 74.8 Å². The number of morpholine rings is 1. The molecule has 2 aliphatic rings. The monoisotopic (exact) mass is 537 g/mol. The zero-order chi connectivity index (χ0) is 27.9. The molecular formula is C29H35N3O7. The van der Waals surface area contributed by atoms with Crippen LogP contribution in [0.15, 0.2) is 48.0 Å². The zero-order valence-electron chi connectivity index (χ0n) is 22.4. The summed E-state index contributed by atoms with van der Waals surface area (Å²) in [6, 6.07) is 10.0. The van der Waals surface area contributed by atoms with Crippen molar-refractivity contribution in [2.45, 2.75) is 39.2 Å². The van der Waals surface area contributed by atoms with Gasteiger partial charge in [-0.05, 0) is 49.1 Å². The largest absolute Gasteiger partial charge is 0.507 e. The molecule has 2 saturated heterocycles. The second kappa shape index (κ2) is 12.9. The highest BCUT2D eigenvalue weighted by atomic mass is 16.6. The van der Waals surface area contributed by atoms with Gasteiger partial charge in [0.25, 0.3) is 17.4 Å². The molecule has 1 atom stereocenters. The summed E-state index contributed by atoms with van der Waals surface area (Å²) in [4.78, 5) is 41.2. The molecule has 0 radical (unpaired) electrons. The number of ketones is 1. The summed E-state index contributed by atoms with van der Waals surface area (Å²) in [5, 5.41) is 22.9. The van der Waals surface area contributed by atoms with E-state index in [0.717, 1.165) is 31.5 Å². The molecule has 0 spiro atoms. The molecule has 1 N–H and O–H groups in total. The Bertz CT molecular complexity index is 1250. The molecule has 0 saturated carbocycles. The number of unbranched alkanes of at least 4 members (excludes halogenated alkanes) is 1. The van der Waals surface area contributed by atoms with Crippen molar-refractivity contribution in [1.29, 1.82) is 0 Å². The van der Waals surface area contributed by atoms with Gasteiger partial charge in [-0.3, -0.25) is 24.6 Å². The van der Waals surface area contributed by atoms with Crippen LogP contribution in [0.25, 0.3) is 5.76 Å². The Kier molecular flexibility index (Phi) is 9.32. The summed E-state index contributed by atoms with van der Waals surface area (Å²) in [6.45, 7) is 8.37. The van der Waals surface area contributed by atoms with Crippen LogP contribution in [0.2, 0.25) is 0 Å². The Morgan fingerprint density at radius 3 is 2.59 bits per heavy atom. The van der Waals surface area contributed by atoms with Crippen molar-refractivity contribution in [2.75, 3.05) is 46.0 Å². The number of aliphatic hydroxyl groups is 1. The van der Waals surface area contributed by atoms with Gasteiger partial charge in [0.2, 0.25) is 0 Å². The number of aliphatic hydroxyl groups excluding tert-OH is 1. The fourth-order valence-electron chi connectivity index (χ4n) is 5.00. The van der Waals surface area contributed by atoms with Crippen molar-refractivity contribution in [3.8, 4) is 5.75 Å². The van der Waals surface area contributed by atoms with E-state index in [0.29, 0.717) is 49.7 Å². The normalized spacial score (nSPS) is 19.4. The number of nitro groups is 1. The van der Waals surface area contributed by atoms with Gasteiger partial charge in [-0.1, -0.05) is 25.5 Å². The van der Waals surface area contributed by atoms with Gasteiger partial charge in [0.1, 0.15) is 11.5 Å². The molecule has 2 fully saturated rings. The molecule has 2 aromatic carbocycles. The first-order chi connectivity index (χ1) is 18.8. The highest BCUT2D eigenvalue weighted by Crippen LogP contribution is 2.40. The quantitative estimate of drug-likeness (QED) is 0.113. The number of likely N-dealkylation sites (tertiary alicyclic amines) is 1. The van der Waals surface area contributed by atoms with Crippen molar-refractivity contribution < 1.29 is 29.1 Å². The number of carbonyl (C=O) groups excluding carboxylic acids is 2. The number of ether oxygens (including phenoxy) is 2. The maximum Gasteiger partial charge on any atom is 0.295 e. The van der Waals surface area contributed by atoms with E-state index >= 15 is 0 Å². The Hall–Kier alpha value is -3.76. The molecule has 0 aliphatic carbocycles. The van der Waals surface area contributed by atoms with Crippen molar-refractivity contribution in [1.82, 2.24) is 9.80 Å². The summed E-state index contributed by atoms with van der Waals surface area (Å²) >= 11 is 0. The number of amides is 1. The van der Waals surface area contributed by atoms with Crippen LogP contribution in [0, 0.1) is 17.0 Å². The maximum absolute atomic E-state index is 13.3. The molecule has 208 valence electrons. The lowest BCUT2D eigenvalue weighted by molar-refractivity contribution is -0.384. The predicted molar refractivity (Wildman–Crippen MR) is 146 cm³/mol. The second-order valence-electron chi connectivity index (χ2n) is 9.83. The molecule has 2 heterocycles. The van der Waals surface area contributed by atoms with Crippen LogP contribution in [0.5, 0.6) is 5.75 Å². The average molecular weight is 538 g/mol. The van der Waals surface area contributed by atoms with Crippen LogP contribution in [0.3, 0.4) is 0 Å². The van der Waals surface area contributed by atoms with E-state index in [1.54, 1.807) is 24.3 Å². The highest BCUT2D eigenvalue weighted by Gasteiger charge is 2.46. The van der Waals surface area contributed by atoms with E-state index in [9.17, 15) is 24.8 Å². The molecule has 0 bridgehead atoms. The van der Waals surface area contributed by atoms with Gasteiger partial charge < -0.3 is 19.5 Å². The summed E-state index contributed by atoms with van der Waals surface area (Å²) in [5.74, 6) is -1.18. The number of hydrogen-bond acceptors (Lipinski definition) is 8. The molecule has 2 aliphatic heterocycles. The summed E-state index contributed by atoms with van der Waals surface area (Å²) < 4.78 is 11.2. The number of rotatable bonds is 11. The number of Topliss-reactive ketones (excluding diaryl/α,β-unsaturated/α-hetero) is 1. The zero-order valence-corrected chi connectivity index (χ0v) is 22.4. The van der Waals surface area contributed by atoms with E-state index in [1.807, 2.05) is 6.92 Å². The Morgan fingerprint density at radius 1 is 1.13 bits per heavy atom. The third-order valence-electron chi connectivity index (χ3n) is 7.12. The fraction of sp³-hybridized carbons (Fsp3) is 0.448. The smallest absolute Gasteiger partial charge is 0.295 e. The van der Waals surface area contributed by atoms with Gasteiger partial charge in [-0.25, -0.2) is 0 Å². The first-order valence-electron chi connectivity index (χ1n) is 13.4. The van der Waals surface area contributed by atoms with Gasteiger partial charge in [0.15, 0.2) is 0 Å². The number of nitrogens with zero attached hydrogens (tertiary/aromatic N) is 3. The van der Waals surface area contributed by atoms with Gasteiger partial charge >= 0.3 is 0 Å². The van der Waals surface area contributed by atoms with E-state index in [1.165, 1.54) is 23.1 Å². The third-order valence-corrected chi connectivity index (χ3v) is 7.12. The fourth-order valence-corrected chi connectivity index (χ4v) is 5.00. The molecule has 10 heteroatoms. The summed E-state index contributed by atoms with van der Waals surface area (Å²) in [5.41, 5.74) is 1.31. The van der Waals surface area contributed by atoms with Gasteiger partial charge in [0, 0.05) is 43.9 Å².